The molecule has 2 N–H and O–H groups in total. The fourth-order valence-corrected chi connectivity index (χ4v) is 3.93. The molecule has 3 heterocycles. The Labute approximate surface area is 145 Å². The second-order valence-corrected chi connectivity index (χ2v) is 7.58. The Morgan fingerprint density at radius 2 is 2.30 bits per heavy atom. The Balaban J connectivity index is 1.56. The number of nitrogens with one attached hydrogen (secondary N) is 1. The SMILES string of the molecule is OCC1CCCN(c2cc(NCCc3ccc(Cl)s3)ncn2)C1. The first-order chi connectivity index (χ1) is 11.2. The number of aromatic nitrogens is 2. The highest BCUT2D eigenvalue weighted by atomic mass is 35.5. The summed E-state index contributed by atoms with van der Waals surface area (Å²) >= 11 is 7.55. The average Bonchev–Trinajstić information content (AvgIpc) is 3.00. The molecule has 2 aromatic rings. The van der Waals surface area contributed by atoms with Crippen molar-refractivity contribution in [3.63, 3.8) is 0 Å². The smallest absolute Gasteiger partial charge is 0.134 e. The molecule has 1 saturated heterocycles. The standard InChI is InChI=1S/C16H21ClN4OS/c17-14-4-3-13(23-14)5-6-18-15-8-16(20-11-19-15)21-7-1-2-12(9-21)10-22/h3-4,8,11-12,22H,1-2,5-7,9-10H2,(H,18,19,20). The summed E-state index contributed by atoms with van der Waals surface area (Å²) in [6.07, 6.45) is 4.71. The minimum Gasteiger partial charge on any atom is -0.396 e. The highest BCUT2D eigenvalue weighted by Gasteiger charge is 2.20. The fraction of sp³-hybridized carbons (Fsp3) is 0.500. The maximum atomic E-state index is 9.36. The molecule has 0 aliphatic carbocycles. The number of hydrogen-bond acceptors (Lipinski definition) is 6. The summed E-state index contributed by atoms with van der Waals surface area (Å²) in [5, 5.41) is 12.7. The minimum atomic E-state index is 0.246. The molecule has 1 unspecified atom stereocenters. The van der Waals surface area contributed by atoms with Gasteiger partial charge in [0.1, 0.15) is 18.0 Å². The van der Waals surface area contributed by atoms with E-state index in [-0.39, 0.29) is 6.61 Å². The summed E-state index contributed by atoms with van der Waals surface area (Å²) in [5.74, 6) is 2.11. The molecule has 7 heteroatoms. The molecule has 1 aliphatic rings. The number of halogens is 1. The van der Waals surface area contributed by atoms with E-state index >= 15 is 0 Å². The fourth-order valence-electron chi connectivity index (χ4n) is 2.84. The van der Waals surface area contributed by atoms with E-state index < -0.39 is 0 Å². The Kier molecular flexibility index (Phi) is 5.70. The zero-order valence-corrected chi connectivity index (χ0v) is 14.5. The molecule has 3 rings (SSSR count). The van der Waals surface area contributed by atoms with Crippen molar-refractivity contribution in [2.75, 3.05) is 36.5 Å². The Morgan fingerprint density at radius 1 is 1.39 bits per heavy atom. The van der Waals surface area contributed by atoms with Crippen molar-refractivity contribution >= 4 is 34.6 Å². The summed E-state index contributed by atoms with van der Waals surface area (Å²) < 4.78 is 0.827. The molecule has 0 bridgehead atoms. The van der Waals surface area contributed by atoms with Gasteiger partial charge in [0.15, 0.2) is 0 Å². The molecule has 1 atom stereocenters. The summed E-state index contributed by atoms with van der Waals surface area (Å²) in [6, 6.07) is 5.97. The van der Waals surface area contributed by atoms with Gasteiger partial charge in [0.25, 0.3) is 0 Å². The molecule has 0 amide bonds. The van der Waals surface area contributed by atoms with Gasteiger partial charge in [0.2, 0.25) is 0 Å². The maximum absolute atomic E-state index is 9.36. The van der Waals surface area contributed by atoms with E-state index in [1.807, 2.05) is 12.1 Å². The predicted molar refractivity (Wildman–Crippen MR) is 95.6 cm³/mol. The largest absolute Gasteiger partial charge is 0.396 e. The van der Waals surface area contributed by atoms with Crippen LogP contribution >= 0.6 is 22.9 Å². The number of rotatable bonds is 6. The van der Waals surface area contributed by atoms with E-state index in [1.54, 1.807) is 17.7 Å². The van der Waals surface area contributed by atoms with Crippen LogP contribution in [0, 0.1) is 5.92 Å². The molecule has 2 aromatic heterocycles. The lowest BCUT2D eigenvalue weighted by Gasteiger charge is -2.32. The molecule has 0 saturated carbocycles. The number of nitrogens with zero attached hydrogens (tertiary/aromatic N) is 3. The van der Waals surface area contributed by atoms with Crippen molar-refractivity contribution in [2.45, 2.75) is 19.3 Å². The van der Waals surface area contributed by atoms with E-state index in [4.69, 9.17) is 11.6 Å². The van der Waals surface area contributed by atoms with Crippen LogP contribution in [0.3, 0.4) is 0 Å². The van der Waals surface area contributed by atoms with Crippen LogP contribution in [0.4, 0.5) is 11.6 Å². The van der Waals surface area contributed by atoms with Crippen molar-refractivity contribution in [2.24, 2.45) is 5.92 Å². The molecule has 0 aromatic carbocycles. The van der Waals surface area contributed by atoms with E-state index in [0.29, 0.717) is 5.92 Å². The predicted octanol–water partition coefficient (Wildman–Crippen LogP) is 3.05. The number of anilines is 2. The lowest BCUT2D eigenvalue weighted by atomic mass is 9.99. The number of aliphatic hydroxyl groups is 1. The van der Waals surface area contributed by atoms with E-state index in [0.717, 1.165) is 54.9 Å². The second-order valence-electron chi connectivity index (χ2n) is 5.78. The van der Waals surface area contributed by atoms with Crippen molar-refractivity contribution < 1.29 is 5.11 Å². The van der Waals surface area contributed by atoms with Gasteiger partial charge in [0, 0.05) is 37.2 Å². The topological polar surface area (TPSA) is 61.3 Å². The van der Waals surface area contributed by atoms with Crippen molar-refractivity contribution in [1.29, 1.82) is 0 Å². The summed E-state index contributed by atoms with van der Waals surface area (Å²) in [4.78, 5) is 12.2. The third kappa shape index (κ3) is 4.56. The van der Waals surface area contributed by atoms with Crippen LogP contribution in [0.1, 0.15) is 17.7 Å². The first-order valence-electron chi connectivity index (χ1n) is 7.90. The minimum absolute atomic E-state index is 0.246. The van der Waals surface area contributed by atoms with Gasteiger partial charge in [-0.15, -0.1) is 11.3 Å². The number of hydrogen-bond donors (Lipinski definition) is 2. The quantitative estimate of drug-likeness (QED) is 0.836. The first kappa shape index (κ1) is 16.5. The first-order valence-corrected chi connectivity index (χ1v) is 9.10. The van der Waals surface area contributed by atoms with Crippen molar-refractivity contribution in [3.8, 4) is 0 Å². The van der Waals surface area contributed by atoms with Gasteiger partial charge >= 0.3 is 0 Å². The van der Waals surface area contributed by atoms with Crippen molar-refractivity contribution in [3.05, 3.63) is 33.7 Å². The van der Waals surface area contributed by atoms with Crippen molar-refractivity contribution in [1.82, 2.24) is 9.97 Å². The number of piperidine rings is 1. The third-order valence-corrected chi connectivity index (χ3v) is 5.35. The lowest BCUT2D eigenvalue weighted by Crippen LogP contribution is -2.37. The molecular weight excluding hydrogens is 332 g/mol. The summed E-state index contributed by atoms with van der Waals surface area (Å²) in [7, 11) is 0. The number of aliphatic hydroxyl groups excluding tert-OH is 1. The second kappa shape index (κ2) is 7.95. The molecule has 1 fully saturated rings. The zero-order chi connectivity index (χ0) is 16.1. The van der Waals surface area contributed by atoms with Crippen LogP contribution in [-0.2, 0) is 6.42 Å². The molecule has 0 radical (unpaired) electrons. The van der Waals surface area contributed by atoms with Gasteiger partial charge in [-0.05, 0) is 37.3 Å². The lowest BCUT2D eigenvalue weighted by molar-refractivity contribution is 0.208. The van der Waals surface area contributed by atoms with E-state index in [1.165, 1.54) is 4.88 Å². The number of thiophene rings is 1. The summed E-state index contributed by atoms with van der Waals surface area (Å²) in [5.41, 5.74) is 0. The van der Waals surface area contributed by atoms with Gasteiger partial charge in [-0.2, -0.15) is 0 Å². The van der Waals surface area contributed by atoms with Gasteiger partial charge in [0.05, 0.1) is 4.34 Å². The Morgan fingerprint density at radius 3 is 3.09 bits per heavy atom. The van der Waals surface area contributed by atoms with Gasteiger partial charge in [-0.3, -0.25) is 0 Å². The van der Waals surface area contributed by atoms with Crippen LogP contribution in [0.15, 0.2) is 24.5 Å². The molecule has 23 heavy (non-hydrogen) atoms. The zero-order valence-electron chi connectivity index (χ0n) is 12.9. The van der Waals surface area contributed by atoms with Gasteiger partial charge in [-0.25, -0.2) is 9.97 Å². The van der Waals surface area contributed by atoms with Crippen LogP contribution in [0.25, 0.3) is 0 Å². The molecule has 5 nitrogen and oxygen atoms in total. The third-order valence-electron chi connectivity index (χ3n) is 4.06. The Bertz CT molecular complexity index is 636. The van der Waals surface area contributed by atoms with E-state index in [9.17, 15) is 5.11 Å². The molecular formula is C16H21ClN4OS. The highest BCUT2D eigenvalue weighted by Crippen LogP contribution is 2.23. The summed E-state index contributed by atoms with van der Waals surface area (Å²) in [6.45, 7) is 2.91. The monoisotopic (exact) mass is 352 g/mol. The molecule has 124 valence electrons. The Hall–Kier alpha value is -1.37. The maximum Gasteiger partial charge on any atom is 0.134 e. The highest BCUT2D eigenvalue weighted by molar-refractivity contribution is 7.16. The van der Waals surface area contributed by atoms with E-state index in [2.05, 4.69) is 26.3 Å². The van der Waals surface area contributed by atoms with Crippen LogP contribution in [0.2, 0.25) is 4.34 Å². The van der Waals surface area contributed by atoms with Gasteiger partial charge in [-0.1, -0.05) is 11.6 Å². The molecule has 0 spiro atoms. The van der Waals surface area contributed by atoms with Crippen LogP contribution in [-0.4, -0.2) is 41.3 Å². The van der Waals surface area contributed by atoms with Crippen LogP contribution < -0.4 is 10.2 Å². The average molecular weight is 353 g/mol. The van der Waals surface area contributed by atoms with Gasteiger partial charge < -0.3 is 15.3 Å². The normalized spacial score (nSPS) is 18.2. The molecule has 1 aliphatic heterocycles. The van der Waals surface area contributed by atoms with Crippen LogP contribution in [0.5, 0.6) is 0 Å².